The average Bonchev–Trinajstić information content (AvgIpc) is 2.86. The van der Waals surface area contributed by atoms with Crippen LogP contribution >= 0.6 is 11.6 Å². The van der Waals surface area contributed by atoms with Gasteiger partial charge in [0.15, 0.2) is 0 Å². The van der Waals surface area contributed by atoms with Gasteiger partial charge in [-0.05, 0) is 49.7 Å². The predicted molar refractivity (Wildman–Crippen MR) is 96.0 cm³/mol. The minimum Gasteiger partial charge on any atom is -0.490 e. The van der Waals surface area contributed by atoms with Crippen LogP contribution in [0.3, 0.4) is 0 Å². The van der Waals surface area contributed by atoms with Gasteiger partial charge in [0.2, 0.25) is 0 Å². The molecular weight excluding hydrogens is 343 g/mol. The lowest BCUT2D eigenvalue weighted by atomic mass is 10.0. The first-order chi connectivity index (χ1) is 12.2. The summed E-state index contributed by atoms with van der Waals surface area (Å²) in [4.78, 5) is 12.0. The maximum atomic E-state index is 13.6. The standard InChI is InChI=1S/C19H20ClFN2O2/c20-16-6-5-13-7-9-22-10-8-14(13)18(16)25-12-11-23-19(24)15-3-1-2-4-17(15)21/h1-6,22H,7-12H2,(H,23,24). The highest BCUT2D eigenvalue weighted by molar-refractivity contribution is 6.32. The van der Waals surface area contributed by atoms with Crippen molar-refractivity contribution in [2.24, 2.45) is 0 Å². The molecule has 0 bridgehead atoms. The van der Waals surface area contributed by atoms with Crippen molar-refractivity contribution >= 4 is 17.5 Å². The van der Waals surface area contributed by atoms with Crippen molar-refractivity contribution in [3.63, 3.8) is 0 Å². The van der Waals surface area contributed by atoms with Crippen molar-refractivity contribution in [2.75, 3.05) is 26.2 Å². The topological polar surface area (TPSA) is 50.4 Å². The maximum Gasteiger partial charge on any atom is 0.254 e. The van der Waals surface area contributed by atoms with Crippen molar-refractivity contribution < 1.29 is 13.9 Å². The maximum absolute atomic E-state index is 13.6. The molecular formula is C19H20ClFN2O2. The first-order valence-corrected chi connectivity index (χ1v) is 8.71. The van der Waals surface area contributed by atoms with Gasteiger partial charge in [0.25, 0.3) is 5.91 Å². The van der Waals surface area contributed by atoms with E-state index in [1.807, 2.05) is 12.1 Å². The number of halogens is 2. The third-order valence-corrected chi connectivity index (χ3v) is 4.48. The van der Waals surface area contributed by atoms with Crippen LogP contribution in [0, 0.1) is 5.82 Å². The molecule has 25 heavy (non-hydrogen) atoms. The molecule has 1 aliphatic rings. The molecule has 0 saturated carbocycles. The summed E-state index contributed by atoms with van der Waals surface area (Å²) in [5.41, 5.74) is 2.39. The molecule has 132 valence electrons. The quantitative estimate of drug-likeness (QED) is 0.804. The summed E-state index contributed by atoms with van der Waals surface area (Å²) in [6.45, 7) is 2.36. The van der Waals surface area contributed by atoms with Gasteiger partial charge in [-0.1, -0.05) is 29.8 Å². The van der Waals surface area contributed by atoms with E-state index in [2.05, 4.69) is 10.6 Å². The fourth-order valence-electron chi connectivity index (χ4n) is 2.92. The summed E-state index contributed by atoms with van der Waals surface area (Å²) in [5, 5.41) is 6.59. The van der Waals surface area contributed by atoms with E-state index in [-0.39, 0.29) is 18.7 Å². The SMILES string of the molecule is O=C(NCCOc1c(Cl)ccc2c1CCNCC2)c1ccccc1F. The van der Waals surface area contributed by atoms with Crippen molar-refractivity contribution in [2.45, 2.75) is 12.8 Å². The molecule has 0 radical (unpaired) electrons. The Morgan fingerprint density at radius 3 is 2.84 bits per heavy atom. The molecule has 1 amide bonds. The molecule has 2 aromatic carbocycles. The average molecular weight is 363 g/mol. The van der Waals surface area contributed by atoms with Crippen LogP contribution in [0.4, 0.5) is 4.39 Å². The van der Waals surface area contributed by atoms with E-state index in [1.54, 1.807) is 12.1 Å². The second kappa shape index (κ2) is 8.32. The Kier molecular flexibility index (Phi) is 5.89. The molecule has 1 aliphatic heterocycles. The zero-order valence-electron chi connectivity index (χ0n) is 13.8. The van der Waals surface area contributed by atoms with Crippen LogP contribution in [-0.2, 0) is 12.8 Å². The third-order valence-electron chi connectivity index (χ3n) is 4.18. The van der Waals surface area contributed by atoms with Crippen molar-refractivity contribution in [3.05, 3.63) is 63.9 Å². The minimum atomic E-state index is -0.537. The van der Waals surface area contributed by atoms with Crippen LogP contribution < -0.4 is 15.4 Å². The molecule has 0 aromatic heterocycles. The van der Waals surface area contributed by atoms with Gasteiger partial charge in [0.05, 0.1) is 17.1 Å². The zero-order chi connectivity index (χ0) is 17.6. The molecule has 0 aliphatic carbocycles. The summed E-state index contributed by atoms with van der Waals surface area (Å²) in [7, 11) is 0. The van der Waals surface area contributed by atoms with E-state index in [9.17, 15) is 9.18 Å². The van der Waals surface area contributed by atoms with E-state index >= 15 is 0 Å². The highest BCUT2D eigenvalue weighted by atomic mass is 35.5. The number of carbonyl (C=O) groups excluding carboxylic acids is 1. The number of nitrogens with one attached hydrogen (secondary N) is 2. The molecule has 0 atom stereocenters. The monoisotopic (exact) mass is 362 g/mol. The van der Waals surface area contributed by atoms with Gasteiger partial charge >= 0.3 is 0 Å². The van der Waals surface area contributed by atoms with Crippen LogP contribution in [0.1, 0.15) is 21.5 Å². The summed E-state index contributed by atoms with van der Waals surface area (Å²) in [6.07, 6.45) is 1.79. The summed E-state index contributed by atoms with van der Waals surface area (Å²) >= 11 is 6.29. The Morgan fingerprint density at radius 1 is 1.20 bits per heavy atom. The van der Waals surface area contributed by atoms with Crippen LogP contribution in [0.5, 0.6) is 5.75 Å². The number of ether oxygens (including phenoxy) is 1. The number of benzene rings is 2. The lowest BCUT2D eigenvalue weighted by Gasteiger charge is -2.15. The summed E-state index contributed by atoms with van der Waals surface area (Å²) in [6, 6.07) is 9.77. The Morgan fingerprint density at radius 2 is 2.00 bits per heavy atom. The lowest BCUT2D eigenvalue weighted by Crippen LogP contribution is -2.29. The Labute approximate surface area is 151 Å². The second-order valence-corrected chi connectivity index (χ2v) is 6.26. The number of rotatable bonds is 5. The van der Waals surface area contributed by atoms with E-state index < -0.39 is 11.7 Å². The van der Waals surface area contributed by atoms with E-state index in [0.29, 0.717) is 10.8 Å². The number of amides is 1. The minimum absolute atomic E-state index is 0.0279. The van der Waals surface area contributed by atoms with Gasteiger partial charge in [0.1, 0.15) is 18.2 Å². The largest absolute Gasteiger partial charge is 0.490 e. The molecule has 3 rings (SSSR count). The molecule has 0 saturated heterocycles. The Hall–Kier alpha value is -2.11. The highest BCUT2D eigenvalue weighted by Gasteiger charge is 2.16. The first-order valence-electron chi connectivity index (χ1n) is 8.33. The van der Waals surface area contributed by atoms with Crippen molar-refractivity contribution in [1.82, 2.24) is 10.6 Å². The van der Waals surface area contributed by atoms with Crippen molar-refractivity contribution in [1.29, 1.82) is 0 Å². The molecule has 0 spiro atoms. The van der Waals surface area contributed by atoms with Gasteiger partial charge in [-0.2, -0.15) is 0 Å². The fraction of sp³-hybridized carbons (Fsp3) is 0.316. The van der Waals surface area contributed by atoms with Crippen LogP contribution in [0.15, 0.2) is 36.4 Å². The van der Waals surface area contributed by atoms with E-state index in [1.165, 1.54) is 17.7 Å². The van der Waals surface area contributed by atoms with Crippen molar-refractivity contribution in [3.8, 4) is 5.75 Å². The van der Waals surface area contributed by atoms with Gasteiger partial charge < -0.3 is 15.4 Å². The fourth-order valence-corrected chi connectivity index (χ4v) is 3.16. The molecule has 0 unspecified atom stereocenters. The molecule has 4 nitrogen and oxygen atoms in total. The lowest BCUT2D eigenvalue weighted by molar-refractivity contribution is 0.0943. The van der Waals surface area contributed by atoms with Crippen LogP contribution in [0.2, 0.25) is 5.02 Å². The third kappa shape index (κ3) is 4.30. The Bertz CT molecular complexity index is 767. The van der Waals surface area contributed by atoms with Gasteiger partial charge in [-0.25, -0.2) is 4.39 Å². The normalized spacial score (nSPS) is 13.7. The van der Waals surface area contributed by atoms with E-state index in [0.717, 1.165) is 31.5 Å². The molecule has 2 aromatic rings. The van der Waals surface area contributed by atoms with Gasteiger partial charge in [0, 0.05) is 5.56 Å². The number of fused-ring (bicyclic) bond motifs is 1. The summed E-state index contributed by atoms with van der Waals surface area (Å²) < 4.78 is 19.4. The predicted octanol–water partition coefficient (Wildman–Crippen LogP) is 2.98. The second-order valence-electron chi connectivity index (χ2n) is 5.85. The number of hydrogen-bond acceptors (Lipinski definition) is 3. The number of carbonyl (C=O) groups is 1. The molecule has 1 heterocycles. The smallest absolute Gasteiger partial charge is 0.254 e. The molecule has 6 heteroatoms. The van der Waals surface area contributed by atoms with Gasteiger partial charge in [-0.15, -0.1) is 0 Å². The molecule has 2 N–H and O–H groups in total. The zero-order valence-corrected chi connectivity index (χ0v) is 14.5. The molecule has 0 fully saturated rings. The summed E-state index contributed by atoms with van der Waals surface area (Å²) in [5.74, 6) is -0.309. The van der Waals surface area contributed by atoms with Crippen LogP contribution in [-0.4, -0.2) is 32.1 Å². The van der Waals surface area contributed by atoms with E-state index in [4.69, 9.17) is 16.3 Å². The van der Waals surface area contributed by atoms with Crippen LogP contribution in [0.25, 0.3) is 0 Å². The highest BCUT2D eigenvalue weighted by Crippen LogP contribution is 2.32. The number of hydrogen-bond donors (Lipinski definition) is 2. The Balaban J connectivity index is 1.59. The van der Waals surface area contributed by atoms with Gasteiger partial charge in [-0.3, -0.25) is 4.79 Å². The first kappa shape index (κ1) is 17.7.